The molecule has 2 aromatic rings. The summed E-state index contributed by atoms with van der Waals surface area (Å²) in [6.07, 6.45) is 1.53. The molecule has 2 heterocycles. The Morgan fingerprint density at radius 2 is 2.00 bits per heavy atom. The summed E-state index contributed by atoms with van der Waals surface area (Å²) >= 11 is 0. The number of nitrogens with zero attached hydrogens (tertiary/aromatic N) is 3. The van der Waals surface area contributed by atoms with E-state index >= 15 is 0 Å². The number of piperazine rings is 1. The van der Waals surface area contributed by atoms with Crippen LogP contribution in [0.5, 0.6) is 5.75 Å². The van der Waals surface area contributed by atoms with Gasteiger partial charge in [-0.25, -0.2) is 9.18 Å². The van der Waals surface area contributed by atoms with Gasteiger partial charge in [-0.2, -0.15) is 0 Å². The molecule has 0 atom stereocenters. The number of anilines is 1. The van der Waals surface area contributed by atoms with Gasteiger partial charge in [0.25, 0.3) is 0 Å². The van der Waals surface area contributed by atoms with Crippen LogP contribution in [0, 0.1) is 5.82 Å². The maximum atomic E-state index is 14.8. The molecule has 1 saturated heterocycles. The van der Waals surface area contributed by atoms with Crippen LogP contribution in [0.25, 0.3) is 10.9 Å². The number of benzene rings is 1. The summed E-state index contributed by atoms with van der Waals surface area (Å²) < 4.78 is 21.1. The normalized spacial score (nSPS) is 17.5. The molecule has 1 N–H and O–H groups in total. The van der Waals surface area contributed by atoms with Crippen molar-refractivity contribution in [2.75, 3.05) is 31.6 Å². The van der Waals surface area contributed by atoms with Crippen LogP contribution in [-0.4, -0.2) is 53.3 Å². The van der Waals surface area contributed by atoms with Gasteiger partial charge in [-0.15, -0.1) is 0 Å². The van der Waals surface area contributed by atoms with Gasteiger partial charge in [0, 0.05) is 26.2 Å². The van der Waals surface area contributed by atoms with Crippen LogP contribution in [0.15, 0.2) is 23.1 Å². The fraction of sp³-hybridized carbons (Fsp3) is 0.389. The molecule has 1 saturated carbocycles. The Morgan fingerprint density at radius 3 is 2.63 bits per heavy atom. The van der Waals surface area contributed by atoms with Gasteiger partial charge in [0.1, 0.15) is 5.82 Å². The molecule has 142 valence electrons. The third kappa shape index (κ3) is 3.09. The first-order chi connectivity index (χ1) is 12.8. The molecular formula is C18H18FN3O5. The van der Waals surface area contributed by atoms with Crippen molar-refractivity contribution < 1.29 is 23.8 Å². The predicted molar refractivity (Wildman–Crippen MR) is 94.9 cm³/mol. The highest BCUT2D eigenvalue weighted by Gasteiger charge is 2.29. The Kier molecular flexibility index (Phi) is 4.01. The number of carboxylic acid groups (broad SMARTS) is 1. The van der Waals surface area contributed by atoms with Crippen molar-refractivity contribution in [2.45, 2.75) is 18.9 Å². The van der Waals surface area contributed by atoms with Gasteiger partial charge < -0.3 is 24.2 Å². The van der Waals surface area contributed by atoms with E-state index in [0.29, 0.717) is 18.6 Å². The van der Waals surface area contributed by atoms with Crippen molar-refractivity contribution in [1.82, 2.24) is 9.47 Å². The highest BCUT2D eigenvalue weighted by Crippen LogP contribution is 2.39. The first-order valence-corrected chi connectivity index (χ1v) is 8.63. The summed E-state index contributed by atoms with van der Waals surface area (Å²) in [7, 11) is 1.70. The molecule has 1 aromatic carbocycles. The topological polar surface area (TPSA) is 92.1 Å². The van der Waals surface area contributed by atoms with Crippen LogP contribution >= 0.6 is 0 Å². The van der Waals surface area contributed by atoms with Crippen LogP contribution in [0.1, 0.15) is 18.9 Å². The van der Waals surface area contributed by atoms with Gasteiger partial charge in [0.15, 0.2) is 5.75 Å². The maximum absolute atomic E-state index is 14.8. The van der Waals surface area contributed by atoms with Gasteiger partial charge in [-0.1, -0.05) is 0 Å². The molecule has 2 aliphatic rings. The number of amides is 1. The Morgan fingerprint density at radius 1 is 1.26 bits per heavy atom. The number of carbonyl (C=O) groups is 2. The van der Waals surface area contributed by atoms with E-state index < -0.39 is 17.4 Å². The molecule has 1 aromatic heterocycles. The lowest BCUT2D eigenvalue weighted by atomic mass is 10.1. The Bertz CT molecular complexity index is 1010. The molecule has 0 bridgehead atoms. The van der Waals surface area contributed by atoms with E-state index in [9.17, 15) is 18.8 Å². The molecule has 1 amide bonds. The summed E-state index contributed by atoms with van der Waals surface area (Å²) in [6.45, 7) is 1.03. The van der Waals surface area contributed by atoms with E-state index in [2.05, 4.69) is 4.74 Å². The molecule has 0 spiro atoms. The standard InChI is InChI=1S/C18H18FN3O5/c1-20-4-5-21(9-16(20)23)14-7-13-11(6-12(14)19)17(24)15(27-18(25)26)8-22(13)10-2-3-10/h6-8,10H,2-5,9H2,1H3,(H,25,26). The molecule has 9 heteroatoms. The van der Waals surface area contributed by atoms with Crippen molar-refractivity contribution in [2.24, 2.45) is 0 Å². The summed E-state index contributed by atoms with van der Waals surface area (Å²) in [4.78, 5) is 38.6. The van der Waals surface area contributed by atoms with E-state index in [4.69, 9.17) is 5.11 Å². The second kappa shape index (κ2) is 6.26. The largest absolute Gasteiger partial charge is 0.511 e. The monoisotopic (exact) mass is 375 g/mol. The number of fused-ring (bicyclic) bond motifs is 1. The number of hydrogen-bond donors (Lipinski definition) is 1. The fourth-order valence-corrected chi connectivity index (χ4v) is 3.36. The highest BCUT2D eigenvalue weighted by molar-refractivity contribution is 5.87. The Balaban J connectivity index is 1.86. The van der Waals surface area contributed by atoms with Gasteiger partial charge in [0.05, 0.1) is 29.3 Å². The molecular weight excluding hydrogens is 357 g/mol. The van der Waals surface area contributed by atoms with Crippen molar-refractivity contribution in [3.63, 3.8) is 0 Å². The van der Waals surface area contributed by atoms with E-state index in [-0.39, 0.29) is 35.3 Å². The van der Waals surface area contributed by atoms with Gasteiger partial charge in [-0.3, -0.25) is 9.59 Å². The first-order valence-electron chi connectivity index (χ1n) is 8.63. The molecule has 0 radical (unpaired) electrons. The van der Waals surface area contributed by atoms with Crippen molar-refractivity contribution in [1.29, 1.82) is 0 Å². The van der Waals surface area contributed by atoms with Gasteiger partial charge in [-0.05, 0) is 25.0 Å². The zero-order valence-electron chi connectivity index (χ0n) is 14.6. The first kappa shape index (κ1) is 17.3. The van der Waals surface area contributed by atoms with Crippen LogP contribution in [0.2, 0.25) is 0 Å². The lowest BCUT2D eigenvalue weighted by Crippen LogP contribution is -2.48. The lowest BCUT2D eigenvalue weighted by molar-refractivity contribution is -0.129. The summed E-state index contributed by atoms with van der Waals surface area (Å²) in [5.74, 6) is -1.08. The smallest absolute Gasteiger partial charge is 0.449 e. The molecule has 0 unspecified atom stereocenters. The zero-order valence-corrected chi connectivity index (χ0v) is 14.6. The average Bonchev–Trinajstić information content (AvgIpc) is 3.44. The van der Waals surface area contributed by atoms with Crippen LogP contribution in [0.3, 0.4) is 0 Å². The number of halogens is 1. The number of carbonyl (C=O) groups excluding carboxylic acids is 1. The van der Waals surface area contributed by atoms with Crippen molar-refractivity contribution in [3.05, 3.63) is 34.4 Å². The lowest BCUT2D eigenvalue weighted by Gasteiger charge is -2.33. The minimum atomic E-state index is -1.60. The Hall–Kier alpha value is -3.10. The summed E-state index contributed by atoms with van der Waals surface area (Å²) in [6, 6.07) is 2.77. The summed E-state index contributed by atoms with van der Waals surface area (Å²) in [5, 5.41) is 8.89. The number of likely N-dealkylation sites (N-methyl/N-ethyl adjacent to an activating group) is 1. The molecule has 1 aliphatic carbocycles. The average molecular weight is 375 g/mol. The number of ether oxygens (including phenoxy) is 1. The number of aromatic nitrogens is 1. The van der Waals surface area contributed by atoms with Crippen LogP contribution in [-0.2, 0) is 4.79 Å². The van der Waals surface area contributed by atoms with E-state index in [1.165, 1.54) is 6.20 Å². The van der Waals surface area contributed by atoms with Gasteiger partial charge >= 0.3 is 6.16 Å². The molecule has 2 fully saturated rings. The second-order valence-corrected chi connectivity index (χ2v) is 6.89. The minimum Gasteiger partial charge on any atom is -0.449 e. The van der Waals surface area contributed by atoms with E-state index in [1.807, 2.05) is 0 Å². The minimum absolute atomic E-state index is 0.0577. The van der Waals surface area contributed by atoms with Crippen LogP contribution < -0.4 is 15.1 Å². The van der Waals surface area contributed by atoms with Gasteiger partial charge in [0.2, 0.25) is 11.3 Å². The second-order valence-electron chi connectivity index (χ2n) is 6.89. The SMILES string of the molecule is CN1CCN(c2cc3c(cc2F)c(=O)c(OC(=O)O)cn3C2CC2)CC1=O. The zero-order chi connectivity index (χ0) is 19.3. The summed E-state index contributed by atoms with van der Waals surface area (Å²) in [5.41, 5.74) is 0.0804. The molecule has 27 heavy (non-hydrogen) atoms. The third-order valence-corrected chi connectivity index (χ3v) is 5.00. The van der Waals surface area contributed by atoms with E-state index in [1.54, 1.807) is 27.5 Å². The molecule has 8 nitrogen and oxygen atoms in total. The van der Waals surface area contributed by atoms with E-state index in [0.717, 1.165) is 18.9 Å². The fourth-order valence-electron chi connectivity index (χ4n) is 3.36. The quantitative estimate of drug-likeness (QED) is 0.823. The van der Waals surface area contributed by atoms with Crippen LogP contribution in [0.4, 0.5) is 14.9 Å². The highest BCUT2D eigenvalue weighted by atomic mass is 19.1. The number of hydrogen-bond acceptors (Lipinski definition) is 5. The van der Waals surface area contributed by atoms with Crippen molar-refractivity contribution >= 4 is 28.7 Å². The third-order valence-electron chi connectivity index (χ3n) is 5.00. The molecule has 1 aliphatic heterocycles. The predicted octanol–water partition coefficient (Wildman–Crippen LogP) is 1.81. The molecule has 4 rings (SSSR count). The van der Waals surface area contributed by atoms with Crippen molar-refractivity contribution in [3.8, 4) is 5.75 Å². The number of pyridine rings is 1. The Labute approximate surface area is 153 Å². The number of rotatable bonds is 3. The maximum Gasteiger partial charge on any atom is 0.511 e.